The number of hydrogen-bond acceptors (Lipinski definition) is 2. The van der Waals surface area contributed by atoms with Crippen LogP contribution >= 0.6 is 23.1 Å². The molecular formula is C9H10INS2. The van der Waals surface area contributed by atoms with E-state index in [4.69, 9.17) is 0 Å². The molecule has 0 bridgehead atoms. The molecule has 13 heavy (non-hydrogen) atoms. The molecule has 0 spiro atoms. The second-order valence-corrected chi connectivity index (χ2v) is 4.68. The summed E-state index contributed by atoms with van der Waals surface area (Å²) in [6.07, 6.45) is 2.12. The minimum absolute atomic E-state index is 0. The van der Waals surface area contributed by atoms with Gasteiger partial charge < -0.3 is 24.0 Å². The topological polar surface area (TPSA) is 3.88 Å². The molecular weight excluding hydrogens is 313 g/mol. The first-order valence-electron chi connectivity index (χ1n) is 3.74. The number of halogens is 1. The maximum atomic E-state index is 2.24. The van der Waals surface area contributed by atoms with Crippen LogP contribution in [0.1, 0.15) is 0 Å². The molecule has 4 heteroatoms. The zero-order valence-corrected chi connectivity index (χ0v) is 11.2. The highest BCUT2D eigenvalue weighted by atomic mass is 127. The van der Waals surface area contributed by atoms with Crippen molar-refractivity contribution in [1.29, 1.82) is 0 Å². The number of fused-ring (bicyclic) bond motifs is 1. The average molecular weight is 323 g/mol. The smallest absolute Gasteiger partial charge is 0.297 e. The second-order valence-electron chi connectivity index (χ2n) is 2.60. The van der Waals surface area contributed by atoms with Gasteiger partial charge in [-0.3, -0.25) is 0 Å². The normalized spacial score (nSPS) is 10.0. The van der Waals surface area contributed by atoms with Crippen molar-refractivity contribution in [3.63, 3.8) is 0 Å². The van der Waals surface area contributed by atoms with Crippen LogP contribution in [0.5, 0.6) is 0 Å². The number of hydrogen-bond donors (Lipinski definition) is 0. The molecule has 0 fully saturated rings. The molecule has 0 aliphatic rings. The van der Waals surface area contributed by atoms with Crippen LogP contribution in [0.25, 0.3) is 10.2 Å². The molecule has 1 aromatic heterocycles. The van der Waals surface area contributed by atoms with Gasteiger partial charge in [-0.15, -0.1) is 0 Å². The summed E-state index contributed by atoms with van der Waals surface area (Å²) >= 11 is 3.65. The molecule has 0 saturated heterocycles. The van der Waals surface area contributed by atoms with Crippen LogP contribution < -0.4 is 28.5 Å². The Hall–Kier alpha value is 0.190. The van der Waals surface area contributed by atoms with Crippen molar-refractivity contribution in [1.82, 2.24) is 0 Å². The van der Waals surface area contributed by atoms with Crippen LogP contribution in [0.2, 0.25) is 0 Å². The van der Waals surface area contributed by atoms with Crippen molar-refractivity contribution in [2.75, 3.05) is 6.26 Å². The molecule has 0 aliphatic carbocycles. The summed E-state index contributed by atoms with van der Waals surface area (Å²) in [6.45, 7) is 0. The standard InChI is InChI=1S/C9H10NS2.HI/c1-10-7-5-3-4-6-8(7)12-9(10)11-2;/h3-6H,1-2H3;1H/q+1;/p-1. The first-order valence-corrected chi connectivity index (χ1v) is 5.78. The maximum Gasteiger partial charge on any atom is 0.297 e. The number of benzene rings is 1. The molecule has 0 saturated carbocycles. The predicted molar refractivity (Wildman–Crippen MR) is 54.8 cm³/mol. The van der Waals surface area contributed by atoms with E-state index in [9.17, 15) is 0 Å². The van der Waals surface area contributed by atoms with Crippen LogP contribution in [0.4, 0.5) is 0 Å². The Labute approximate surface area is 103 Å². The van der Waals surface area contributed by atoms with E-state index in [0.717, 1.165) is 0 Å². The van der Waals surface area contributed by atoms with E-state index < -0.39 is 0 Å². The van der Waals surface area contributed by atoms with Crippen LogP contribution in [-0.4, -0.2) is 6.26 Å². The van der Waals surface area contributed by atoms with Crippen molar-refractivity contribution in [3.8, 4) is 0 Å². The molecule has 1 nitrogen and oxygen atoms in total. The highest BCUT2D eigenvalue weighted by Gasteiger charge is 2.14. The summed E-state index contributed by atoms with van der Waals surface area (Å²) in [4.78, 5) is 0. The third kappa shape index (κ3) is 1.99. The van der Waals surface area contributed by atoms with Crippen LogP contribution in [-0.2, 0) is 7.05 Å². The Morgan fingerprint density at radius 3 is 2.62 bits per heavy atom. The molecule has 70 valence electrons. The molecule has 2 rings (SSSR count). The van der Waals surface area contributed by atoms with Crippen molar-refractivity contribution in [3.05, 3.63) is 24.3 Å². The van der Waals surface area contributed by atoms with Crippen LogP contribution in [0.3, 0.4) is 0 Å². The molecule has 0 unspecified atom stereocenters. The van der Waals surface area contributed by atoms with E-state index in [2.05, 4.69) is 42.1 Å². The molecule has 1 heterocycles. The zero-order valence-electron chi connectivity index (χ0n) is 7.45. The van der Waals surface area contributed by atoms with Gasteiger partial charge in [0.1, 0.15) is 11.7 Å². The number of nitrogens with zero attached hydrogens (tertiary/aromatic N) is 1. The van der Waals surface area contributed by atoms with Crippen LogP contribution in [0, 0.1) is 0 Å². The van der Waals surface area contributed by atoms with Crippen LogP contribution in [0.15, 0.2) is 28.6 Å². The zero-order chi connectivity index (χ0) is 8.55. The fraction of sp³-hybridized carbons (Fsp3) is 0.222. The van der Waals surface area contributed by atoms with Gasteiger partial charge >= 0.3 is 0 Å². The Bertz CT molecular complexity index is 411. The average Bonchev–Trinajstić information content (AvgIpc) is 2.44. The van der Waals surface area contributed by atoms with E-state index in [1.54, 1.807) is 11.8 Å². The lowest BCUT2D eigenvalue weighted by molar-refractivity contribution is -0.676. The molecule has 0 aliphatic heterocycles. The third-order valence-corrected chi connectivity index (χ3v) is 4.26. The SMILES string of the molecule is CSc1sc2ccccc2[n+]1C.[I-]. The number of aromatic nitrogens is 1. The Balaban J connectivity index is 0.000000845. The Morgan fingerprint density at radius 2 is 2.00 bits per heavy atom. The largest absolute Gasteiger partial charge is 1.00 e. The molecule has 2 aromatic rings. The Morgan fingerprint density at radius 1 is 1.31 bits per heavy atom. The van der Waals surface area contributed by atoms with Gasteiger partial charge in [-0.05, 0) is 24.1 Å². The first kappa shape index (κ1) is 11.3. The molecule has 0 N–H and O–H groups in total. The van der Waals surface area contributed by atoms with Gasteiger partial charge in [-0.2, -0.15) is 4.57 Å². The second kappa shape index (κ2) is 4.61. The lowest BCUT2D eigenvalue weighted by atomic mass is 10.3. The van der Waals surface area contributed by atoms with E-state index >= 15 is 0 Å². The molecule has 0 atom stereocenters. The van der Waals surface area contributed by atoms with Gasteiger partial charge in [-0.1, -0.05) is 23.5 Å². The number of aryl methyl sites for hydroxylation is 1. The Kier molecular flexibility index (Phi) is 4.00. The summed E-state index contributed by atoms with van der Waals surface area (Å²) in [5.41, 5.74) is 1.33. The lowest BCUT2D eigenvalue weighted by Crippen LogP contribution is -3.00. The monoisotopic (exact) mass is 323 g/mol. The molecule has 0 amide bonds. The fourth-order valence-corrected chi connectivity index (χ4v) is 3.11. The van der Waals surface area contributed by atoms with Crippen molar-refractivity contribution < 1.29 is 28.5 Å². The maximum absolute atomic E-state index is 2.24. The fourth-order valence-electron chi connectivity index (χ4n) is 1.26. The summed E-state index contributed by atoms with van der Waals surface area (Å²) in [5, 5.41) is 0. The van der Waals surface area contributed by atoms with E-state index in [1.807, 2.05) is 11.3 Å². The molecule has 0 radical (unpaired) electrons. The van der Waals surface area contributed by atoms with E-state index in [0.29, 0.717) is 0 Å². The lowest BCUT2D eigenvalue weighted by Gasteiger charge is -1.84. The summed E-state index contributed by atoms with van der Waals surface area (Å²) in [7, 11) is 2.12. The summed E-state index contributed by atoms with van der Waals surface area (Å²) in [5.74, 6) is 0. The quantitative estimate of drug-likeness (QED) is 0.387. The van der Waals surface area contributed by atoms with Gasteiger partial charge in [-0.25, -0.2) is 0 Å². The highest BCUT2D eigenvalue weighted by Crippen LogP contribution is 2.25. The number of para-hydroxylation sites is 1. The first-order chi connectivity index (χ1) is 5.83. The van der Waals surface area contributed by atoms with Gasteiger partial charge in [0.05, 0.1) is 0 Å². The van der Waals surface area contributed by atoms with Crippen molar-refractivity contribution >= 4 is 33.3 Å². The highest BCUT2D eigenvalue weighted by molar-refractivity contribution is 8.00. The number of thiazole rings is 1. The van der Waals surface area contributed by atoms with E-state index in [1.165, 1.54) is 14.6 Å². The third-order valence-electron chi connectivity index (χ3n) is 1.87. The minimum atomic E-state index is 0. The van der Waals surface area contributed by atoms with Crippen molar-refractivity contribution in [2.24, 2.45) is 7.05 Å². The van der Waals surface area contributed by atoms with Gasteiger partial charge in [0.15, 0.2) is 0 Å². The number of thioether (sulfide) groups is 1. The van der Waals surface area contributed by atoms with Gasteiger partial charge in [0.2, 0.25) is 5.52 Å². The predicted octanol–water partition coefficient (Wildman–Crippen LogP) is -0.548. The van der Waals surface area contributed by atoms with Gasteiger partial charge in [0, 0.05) is 6.07 Å². The minimum Gasteiger partial charge on any atom is -1.00 e. The molecule has 1 aromatic carbocycles. The summed E-state index contributed by atoms with van der Waals surface area (Å²) < 4.78 is 4.96. The summed E-state index contributed by atoms with van der Waals surface area (Å²) in [6, 6.07) is 8.49. The van der Waals surface area contributed by atoms with E-state index in [-0.39, 0.29) is 24.0 Å². The van der Waals surface area contributed by atoms with Crippen molar-refractivity contribution in [2.45, 2.75) is 4.34 Å². The number of rotatable bonds is 1. The van der Waals surface area contributed by atoms with Gasteiger partial charge in [0.25, 0.3) is 4.34 Å².